The first-order valence-electron chi connectivity index (χ1n) is 4.47. The quantitative estimate of drug-likeness (QED) is 0.483. The molecule has 0 nitrogen and oxygen atoms in total. The van der Waals surface area contributed by atoms with E-state index >= 15 is 0 Å². The van der Waals surface area contributed by atoms with Crippen LogP contribution in [-0.4, -0.2) is 0 Å². The first-order valence-corrected chi connectivity index (χ1v) is 4.47. The molecule has 0 aromatic carbocycles. The Morgan fingerprint density at radius 1 is 1.30 bits per heavy atom. The monoisotopic (exact) mass is 134 g/mol. The Kier molecular flexibility index (Phi) is 0.725. The highest BCUT2D eigenvalue weighted by Crippen LogP contribution is 2.77. The van der Waals surface area contributed by atoms with Gasteiger partial charge in [-0.3, -0.25) is 0 Å². The van der Waals surface area contributed by atoms with Gasteiger partial charge in [-0.2, -0.15) is 0 Å². The minimum Gasteiger partial charge on any atom is -0.103 e. The standard InChI is InChI=1S/C10H14/c1-3-6-4-7-5(2)8-9(6)10(7)8/h3,5-10H,1,4H2,2H3. The fourth-order valence-corrected chi connectivity index (χ4v) is 3.81. The average Bonchev–Trinajstić information content (AvgIpc) is 2.53. The molecule has 3 fully saturated rings. The number of rotatable bonds is 1. The molecular weight excluding hydrogens is 120 g/mol. The molecule has 0 heterocycles. The molecule has 0 heteroatoms. The Labute approximate surface area is 62.3 Å². The molecule has 3 aliphatic rings. The van der Waals surface area contributed by atoms with Gasteiger partial charge in [0.2, 0.25) is 0 Å². The van der Waals surface area contributed by atoms with Crippen molar-refractivity contribution in [3.8, 4) is 0 Å². The van der Waals surface area contributed by atoms with Crippen LogP contribution in [0.1, 0.15) is 13.3 Å². The van der Waals surface area contributed by atoms with Gasteiger partial charge in [0.25, 0.3) is 0 Å². The van der Waals surface area contributed by atoms with Crippen LogP contribution in [0.15, 0.2) is 12.7 Å². The molecule has 3 aliphatic carbocycles. The van der Waals surface area contributed by atoms with Crippen molar-refractivity contribution in [2.45, 2.75) is 13.3 Å². The molecule has 0 amide bonds. The molecule has 0 aliphatic heterocycles. The summed E-state index contributed by atoms with van der Waals surface area (Å²) in [6.45, 7) is 6.34. The zero-order valence-corrected chi connectivity index (χ0v) is 6.46. The summed E-state index contributed by atoms with van der Waals surface area (Å²) in [7, 11) is 0. The highest BCUT2D eigenvalue weighted by molar-refractivity contribution is 5.23. The maximum absolute atomic E-state index is 3.90. The van der Waals surface area contributed by atoms with E-state index in [4.69, 9.17) is 0 Å². The Balaban J connectivity index is 1.88. The molecule has 0 aromatic rings. The number of allylic oxidation sites excluding steroid dienone is 1. The van der Waals surface area contributed by atoms with Gasteiger partial charge >= 0.3 is 0 Å². The highest BCUT2D eigenvalue weighted by Gasteiger charge is 2.73. The van der Waals surface area contributed by atoms with Crippen LogP contribution in [0.3, 0.4) is 0 Å². The van der Waals surface area contributed by atoms with Crippen LogP contribution in [-0.2, 0) is 0 Å². The predicted octanol–water partition coefficient (Wildman–Crippen LogP) is 2.32. The summed E-state index contributed by atoms with van der Waals surface area (Å²) < 4.78 is 0. The molecule has 3 saturated carbocycles. The third kappa shape index (κ3) is 0.349. The van der Waals surface area contributed by atoms with E-state index in [1.54, 1.807) is 0 Å². The molecule has 10 heavy (non-hydrogen) atoms. The van der Waals surface area contributed by atoms with Crippen molar-refractivity contribution < 1.29 is 0 Å². The average molecular weight is 134 g/mol. The Bertz CT molecular complexity index is 190. The van der Waals surface area contributed by atoms with Gasteiger partial charge in [-0.1, -0.05) is 13.0 Å². The molecule has 0 N–H and O–H groups in total. The highest BCUT2D eigenvalue weighted by atomic mass is 14.8. The van der Waals surface area contributed by atoms with Crippen molar-refractivity contribution in [2.75, 3.05) is 0 Å². The fourth-order valence-electron chi connectivity index (χ4n) is 3.81. The Morgan fingerprint density at radius 3 is 2.50 bits per heavy atom. The number of hydrogen-bond donors (Lipinski definition) is 0. The summed E-state index contributed by atoms with van der Waals surface area (Å²) in [6, 6.07) is 0. The first kappa shape index (κ1) is 5.40. The molecule has 0 saturated heterocycles. The topological polar surface area (TPSA) is 0 Å². The molecule has 0 aromatic heterocycles. The van der Waals surface area contributed by atoms with Crippen LogP contribution < -0.4 is 0 Å². The van der Waals surface area contributed by atoms with Crippen molar-refractivity contribution in [1.82, 2.24) is 0 Å². The third-order valence-corrected chi connectivity index (χ3v) is 4.31. The molecule has 6 unspecified atom stereocenters. The van der Waals surface area contributed by atoms with E-state index in [2.05, 4.69) is 19.6 Å². The first-order chi connectivity index (χ1) is 4.84. The van der Waals surface area contributed by atoms with Gasteiger partial charge in [-0.05, 0) is 41.9 Å². The van der Waals surface area contributed by atoms with E-state index in [0.29, 0.717) is 0 Å². The minimum atomic E-state index is 0.913. The van der Waals surface area contributed by atoms with Gasteiger partial charge in [0.1, 0.15) is 0 Å². The largest absolute Gasteiger partial charge is 0.103 e. The van der Waals surface area contributed by atoms with Crippen molar-refractivity contribution in [1.29, 1.82) is 0 Å². The molecule has 0 spiro atoms. The van der Waals surface area contributed by atoms with Gasteiger partial charge in [0.05, 0.1) is 0 Å². The second-order valence-electron chi connectivity index (χ2n) is 4.39. The van der Waals surface area contributed by atoms with Gasteiger partial charge < -0.3 is 0 Å². The predicted molar refractivity (Wildman–Crippen MR) is 41.4 cm³/mol. The van der Waals surface area contributed by atoms with E-state index in [0.717, 1.165) is 35.5 Å². The van der Waals surface area contributed by atoms with Gasteiger partial charge in [-0.25, -0.2) is 0 Å². The van der Waals surface area contributed by atoms with Crippen LogP contribution in [0, 0.1) is 35.5 Å². The zero-order chi connectivity index (χ0) is 6.88. The van der Waals surface area contributed by atoms with Crippen LogP contribution >= 0.6 is 0 Å². The number of fused-ring (bicyclic) bond motifs is 1. The second-order valence-corrected chi connectivity index (χ2v) is 4.39. The van der Waals surface area contributed by atoms with E-state index in [1.807, 2.05) is 0 Å². The molecule has 6 atom stereocenters. The van der Waals surface area contributed by atoms with Crippen molar-refractivity contribution >= 4 is 0 Å². The van der Waals surface area contributed by atoms with Gasteiger partial charge in [0, 0.05) is 0 Å². The lowest BCUT2D eigenvalue weighted by molar-refractivity contribution is 0.143. The molecule has 3 rings (SSSR count). The summed E-state index contributed by atoms with van der Waals surface area (Å²) in [5.74, 6) is 6.50. The van der Waals surface area contributed by atoms with Gasteiger partial charge in [-0.15, -0.1) is 6.58 Å². The smallest absolute Gasteiger partial charge is 0.0199 e. The van der Waals surface area contributed by atoms with Crippen LogP contribution in [0.25, 0.3) is 0 Å². The maximum atomic E-state index is 3.90. The Hall–Kier alpha value is -0.260. The third-order valence-electron chi connectivity index (χ3n) is 4.31. The minimum absolute atomic E-state index is 0.913. The fraction of sp³-hybridized carbons (Fsp3) is 0.800. The lowest BCUT2D eigenvalue weighted by atomic mass is 9.70. The normalized spacial score (nSPS) is 68.5. The Morgan fingerprint density at radius 2 is 2.10 bits per heavy atom. The second kappa shape index (κ2) is 1.34. The summed E-state index contributed by atoms with van der Waals surface area (Å²) in [6.07, 6.45) is 3.67. The van der Waals surface area contributed by atoms with Crippen LogP contribution in [0.4, 0.5) is 0 Å². The molecule has 54 valence electrons. The van der Waals surface area contributed by atoms with Crippen LogP contribution in [0.2, 0.25) is 0 Å². The number of hydrogen-bond acceptors (Lipinski definition) is 0. The summed E-state index contributed by atoms with van der Waals surface area (Å²) in [5.41, 5.74) is 0. The summed E-state index contributed by atoms with van der Waals surface area (Å²) in [5, 5.41) is 0. The summed E-state index contributed by atoms with van der Waals surface area (Å²) in [4.78, 5) is 0. The van der Waals surface area contributed by atoms with Crippen LogP contribution in [0.5, 0.6) is 0 Å². The van der Waals surface area contributed by atoms with Crippen molar-refractivity contribution in [3.63, 3.8) is 0 Å². The molecule has 0 radical (unpaired) electrons. The lowest BCUT2D eigenvalue weighted by Gasteiger charge is -2.35. The van der Waals surface area contributed by atoms with E-state index in [-0.39, 0.29) is 0 Å². The van der Waals surface area contributed by atoms with E-state index in [1.165, 1.54) is 6.42 Å². The summed E-state index contributed by atoms with van der Waals surface area (Å²) >= 11 is 0. The van der Waals surface area contributed by atoms with Crippen molar-refractivity contribution in [3.05, 3.63) is 12.7 Å². The SMILES string of the molecule is C=CC1CC2C(C)C3C1C23. The van der Waals surface area contributed by atoms with Crippen molar-refractivity contribution in [2.24, 2.45) is 35.5 Å². The van der Waals surface area contributed by atoms with E-state index < -0.39 is 0 Å². The maximum Gasteiger partial charge on any atom is -0.0199 e. The lowest BCUT2D eigenvalue weighted by Crippen LogP contribution is -2.29. The molecular formula is C10H14. The van der Waals surface area contributed by atoms with E-state index in [9.17, 15) is 0 Å². The van der Waals surface area contributed by atoms with Gasteiger partial charge in [0.15, 0.2) is 0 Å². The molecule has 0 bridgehead atoms. The zero-order valence-electron chi connectivity index (χ0n) is 6.46.